The van der Waals surface area contributed by atoms with Crippen molar-refractivity contribution in [2.24, 2.45) is 20.4 Å². The molecule has 3 aromatic carbocycles. The molecule has 0 aliphatic carbocycles. The Morgan fingerprint density at radius 3 is 1.26 bits per heavy atom. The van der Waals surface area contributed by atoms with Crippen LogP contribution in [0.4, 0.5) is 48.5 Å². The quantitative estimate of drug-likeness (QED) is 0.0812. The van der Waals surface area contributed by atoms with Gasteiger partial charge in [-0.15, -0.1) is 0 Å². The highest BCUT2D eigenvalue weighted by Gasteiger charge is 2.31. The Bertz CT molecular complexity index is 1770. The van der Waals surface area contributed by atoms with Gasteiger partial charge in [0.25, 0.3) is 0 Å². The average molecular weight is 685 g/mol. The zero-order chi connectivity index (χ0) is 36.5. The lowest BCUT2D eigenvalue weighted by molar-refractivity contribution is 0.0403. The summed E-state index contributed by atoms with van der Waals surface area (Å²) < 4.78 is 16.4. The number of carbonyl (C=O) groups excluding carboxylic acids is 6. The van der Waals surface area contributed by atoms with E-state index in [1.165, 1.54) is 36.4 Å². The highest BCUT2D eigenvalue weighted by Crippen LogP contribution is 2.33. The second-order valence-corrected chi connectivity index (χ2v) is 11.2. The van der Waals surface area contributed by atoms with Gasteiger partial charge in [-0.1, -0.05) is 25.1 Å². The van der Waals surface area contributed by atoms with E-state index in [0.29, 0.717) is 57.2 Å². The van der Waals surface area contributed by atoms with Gasteiger partial charge in [-0.3, -0.25) is 16.0 Å². The molecule has 0 aromatic heterocycles. The summed E-state index contributed by atoms with van der Waals surface area (Å²) >= 11 is 0. The molecule has 0 aliphatic heterocycles. The lowest BCUT2D eigenvalue weighted by atomic mass is 9.80. The van der Waals surface area contributed by atoms with Crippen LogP contribution in [-0.4, -0.2) is 56.3 Å². The summed E-state index contributed by atoms with van der Waals surface area (Å²) in [5.41, 5.74) is 3.41. The largest absolute Gasteiger partial charge is 0.449 e. The van der Waals surface area contributed by atoms with E-state index in [4.69, 9.17) is 14.2 Å². The number of nitrogens with zero attached hydrogens (tertiary/aromatic N) is 3. The Morgan fingerprint density at radius 1 is 0.600 bits per heavy atom. The number of nitrogens with one attached hydrogen (secondary N) is 3. The molecule has 3 amide bonds. The number of hydrogen-bond acceptors (Lipinski definition) is 12. The molecule has 260 valence electrons. The van der Waals surface area contributed by atoms with Crippen LogP contribution in [0.2, 0.25) is 0 Å². The molecule has 3 rings (SSSR count). The van der Waals surface area contributed by atoms with Crippen LogP contribution in [0.5, 0.6) is 0 Å². The minimum absolute atomic E-state index is 0.0868. The van der Waals surface area contributed by atoms with Crippen molar-refractivity contribution in [1.29, 1.82) is 0 Å². The molecule has 0 atom stereocenters. The zero-order valence-electron chi connectivity index (χ0n) is 28.0. The van der Waals surface area contributed by atoms with E-state index in [2.05, 4.69) is 30.9 Å². The number of aryl methyl sites for hydroxylation is 3. The van der Waals surface area contributed by atoms with Gasteiger partial charge in [-0.05, 0) is 93.1 Å². The number of amides is 3. The van der Waals surface area contributed by atoms with Crippen molar-refractivity contribution in [1.82, 2.24) is 0 Å². The van der Waals surface area contributed by atoms with E-state index >= 15 is 0 Å². The number of carbonyl (C=O) groups is 3. The van der Waals surface area contributed by atoms with E-state index in [1.54, 1.807) is 57.2 Å². The van der Waals surface area contributed by atoms with E-state index in [-0.39, 0.29) is 32.7 Å². The predicted molar refractivity (Wildman–Crippen MR) is 184 cm³/mol. The second kappa shape index (κ2) is 18.8. The van der Waals surface area contributed by atoms with Gasteiger partial charge >= 0.3 is 18.3 Å². The fourth-order valence-corrected chi connectivity index (χ4v) is 4.70. The first-order chi connectivity index (χ1) is 24.0. The van der Waals surface area contributed by atoms with E-state index in [1.807, 2.05) is 6.92 Å². The van der Waals surface area contributed by atoms with Crippen molar-refractivity contribution < 1.29 is 43.0 Å². The summed E-state index contributed by atoms with van der Waals surface area (Å²) in [6.45, 7) is 6.80. The van der Waals surface area contributed by atoms with E-state index < -0.39 is 23.7 Å². The number of ether oxygens (including phenoxy) is 3. The molecule has 0 heterocycles. The fourth-order valence-electron chi connectivity index (χ4n) is 4.70. The molecule has 0 unspecified atom stereocenters. The second-order valence-electron chi connectivity index (χ2n) is 11.2. The molecule has 0 spiro atoms. The molecule has 0 bridgehead atoms. The van der Waals surface area contributed by atoms with Crippen molar-refractivity contribution in [2.45, 2.75) is 47.0 Å². The molecular weight excluding hydrogens is 648 g/mol. The Morgan fingerprint density at radius 2 is 0.940 bits per heavy atom. The summed E-state index contributed by atoms with van der Waals surface area (Å²) in [7, 11) is 0. The standard InChI is InChI=1S/C35H36N6O9/c1-5-35(19-50-34(47)41-28-11-8-25(4)31(18-28)38-22-44,12-14-48-32(45)39-26-9-6-23(2)29(16-26)36-20-42)13-15-49-33(46)40-27-10-7-24(3)30(17-27)37-21-43/h6-11,16-18H,5,12-15,19H2,1-4H3,(H,39,45)(H,40,46)(H,41,47). The lowest BCUT2D eigenvalue weighted by Gasteiger charge is -2.32. The summed E-state index contributed by atoms with van der Waals surface area (Å²) in [5.74, 6) is 0. The lowest BCUT2D eigenvalue weighted by Crippen LogP contribution is -2.33. The maximum atomic E-state index is 12.8. The highest BCUT2D eigenvalue weighted by atomic mass is 16.6. The molecule has 3 N–H and O–H groups in total. The van der Waals surface area contributed by atoms with Crippen LogP contribution in [0.3, 0.4) is 0 Å². The van der Waals surface area contributed by atoms with Gasteiger partial charge in [0.1, 0.15) is 0 Å². The van der Waals surface area contributed by atoms with E-state index in [0.717, 1.165) is 0 Å². The van der Waals surface area contributed by atoms with Crippen molar-refractivity contribution in [3.05, 3.63) is 71.3 Å². The summed E-state index contributed by atoms with van der Waals surface area (Å²) in [6, 6.07) is 14.4. The Balaban J connectivity index is 1.67. The fraction of sp³-hybridized carbons (Fsp3) is 0.314. The average Bonchev–Trinajstić information content (AvgIpc) is 3.08. The number of aliphatic imine (C=N–C) groups is 3. The molecule has 0 fully saturated rings. The summed E-state index contributed by atoms with van der Waals surface area (Å²) in [4.78, 5) is 81.0. The number of isocyanates is 3. The molecule has 50 heavy (non-hydrogen) atoms. The van der Waals surface area contributed by atoms with Crippen molar-refractivity contribution in [3.8, 4) is 0 Å². The molecule has 15 nitrogen and oxygen atoms in total. The van der Waals surface area contributed by atoms with Crippen LogP contribution >= 0.6 is 0 Å². The van der Waals surface area contributed by atoms with Gasteiger partial charge in [0.05, 0.1) is 36.9 Å². The maximum Gasteiger partial charge on any atom is 0.411 e. The Labute approximate surface area is 287 Å². The summed E-state index contributed by atoms with van der Waals surface area (Å²) in [5, 5.41) is 7.76. The van der Waals surface area contributed by atoms with Crippen LogP contribution < -0.4 is 16.0 Å². The zero-order valence-corrected chi connectivity index (χ0v) is 28.0. The normalized spacial score (nSPS) is 11.3. The number of anilines is 3. The van der Waals surface area contributed by atoms with Gasteiger partial charge in [-0.25, -0.2) is 28.8 Å². The van der Waals surface area contributed by atoms with Crippen molar-refractivity contribution in [2.75, 3.05) is 35.8 Å². The van der Waals surface area contributed by atoms with E-state index in [9.17, 15) is 28.8 Å². The van der Waals surface area contributed by atoms with Crippen molar-refractivity contribution in [3.63, 3.8) is 0 Å². The van der Waals surface area contributed by atoms with Crippen LogP contribution in [0.25, 0.3) is 0 Å². The van der Waals surface area contributed by atoms with Crippen LogP contribution in [0, 0.1) is 26.2 Å². The minimum Gasteiger partial charge on any atom is -0.449 e. The van der Waals surface area contributed by atoms with Crippen molar-refractivity contribution >= 4 is 70.6 Å². The third kappa shape index (κ3) is 11.7. The van der Waals surface area contributed by atoms with Gasteiger partial charge < -0.3 is 14.2 Å². The maximum absolute atomic E-state index is 12.8. The number of rotatable bonds is 15. The molecule has 15 heteroatoms. The first kappa shape index (κ1) is 38.1. The molecule has 3 aromatic rings. The molecule has 0 radical (unpaired) electrons. The summed E-state index contributed by atoms with van der Waals surface area (Å²) in [6.07, 6.45) is 2.98. The highest BCUT2D eigenvalue weighted by molar-refractivity contribution is 5.87. The van der Waals surface area contributed by atoms with Crippen LogP contribution in [0.15, 0.2) is 69.6 Å². The third-order valence-corrected chi connectivity index (χ3v) is 7.86. The SMILES string of the molecule is CCC(CCOC(=O)Nc1ccc(C)c(N=C=O)c1)(CCOC(=O)Nc1ccc(C)c(N=C=O)c1)COC(=O)Nc1ccc(C)c(N=C=O)c1. The molecule has 0 saturated heterocycles. The predicted octanol–water partition coefficient (Wildman–Crippen LogP) is 7.74. The van der Waals surface area contributed by atoms with Gasteiger partial charge in [0.15, 0.2) is 0 Å². The van der Waals surface area contributed by atoms with Crippen LogP contribution in [0.1, 0.15) is 42.9 Å². The first-order valence-corrected chi connectivity index (χ1v) is 15.4. The van der Waals surface area contributed by atoms with Gasteiger partial charge in [0.2, 0.25) is 18.2 Å². The number of hydrogen-bond donors (Lipinski definition) is 3. The smallest absolute Gasteiger partial charge is 0.411 e. The monoisotopic (exact) mass is 684 g/mol. The Hall–Kier alpha value is -6.39. The minimum atomic E-state index is -0.802. The van der Waals surface area contributed by atoms with Crippen LogP contribution in [-0.2, 0) is 28.6 Å². The third-order valence-electron chi connectivity index (χ3n) is 7.86. The molecular formula is C35H36N6O9. The van der Waals surface area contributed by atoms with Gasteiger partial charge in [-0.2, -0.15) is 15.0 Å². The Kier molecular flexibility index (Phi) is 14.3. The van der Waals surface area contributed by atoms with Gasteiger partial charge in [0, 0.05) is 22.5 Å². The molecule has 0 aliphatic rings. The first-order valence-electron chi connectivity index (χ1n) is 15.4. The topological polar surface area (TPSA) is 203 Å². The number of benzene rings is 3. The molecule has 0 saturated carbocycles.